The van der Waals surface area contributed by atoms with Crippen LogP contribution in [0.4, 0.5) is 5.69 Å². The van der Waals surface area contributed by atoms with Gasteiger partial charge in [-0.3, -0.25) is 24.6 Å². The summed E-state index contributed by atoms with van der Waals surface area (Å²) in [6.45, 7) is 0. The fourth-order valence-electron chi connectivity index (χ4n) is 4.03. The SMILES string of the molecule is COc1ccc(OC)c(/C=C/C(=O)NC(Cc2cnc3ccccc3c2)C(=O)Nc2ccc(C(=O)NO)cc2)c1. The first kappa shape index (κ1) is 27.8. The summed E-state index contributed by atoms with van der Waals surface area (Å²) in [5.41, 5.74) is 4.38. The minimum atomic E-state index is -0.951. The molecule has 204 valence electrons. The third-order valence-corrected chi connectivity index (χ3v) is 6.09. The number of anilines is 1. The number of hydrogen-bond donors (Lipinski definition) is 4. The number of rotatable bonds is 10. The number of carbonyl (C=O) groups is 3. The van der Waals surface area contributed by atoms with Crippen LogP contribution < -0.4 is 25.6 Å². The Balaban J connectivity index is 1.55. The zero-order valence-electron chi connectivity index (χ0n) is 21.9. The molecule has 0 saturated heterocycles. The van der Waals surface area contributed by atoms with Crippen LogP contribution >= 0.6 is 0 Å². The van der Waals surface area contributed by atoms with Crippen molar-refractivity contribution in [1.82, 2.24) is 15.8 Å². The molecule has 4 rings (SSSR count). The maximum absolute atomic E-state index is 13.3. The van der Waals surface area contributed by atoms with Gasteiger partial charge in [0, 0.05) is 40.9 Å². The number of aromatic nitrogens is 1. The summed E-state index contributed by atoms with van der Waals surface area (Å²) in [7, 11) is 3.07. The molecule has 10 nitrogen and oxygen atoms in total. The highest BCUT2D eigenvalue weighted by Crippen LogP contribution is 2.25. The van der Waals surface area contributed by atoms with E-state index in [2.05, 4.69) is 15.6 Å². The van der Waals surface area contributed by atoms with Gasteiger partial charge in [-0.15, -0.1) is 0 Å². The van der Waals surface area contributed by atoms with Gasteiger partial charge in [0.2, 0.25) is 11.8 Å². The Morgan fingerprint density at radius 3 is 2.48 bits per heavy atom. The second-order valence-corrected chi connectivity index (χ2v) is 8.75. The predicted molar refractivity (Wildman–Crippen MR) is 150 cm³/mol. The number of hydrogen-bond acceptors (Lipinski definition) is 7. The van der Waals surface area contributed by atoms with Crippen molar-refractivity contribution in [2.75, 3.05) is 19.5 Å². The molecule has 1 unspecified atom stereocenters. The van der Waals surface area contributed by atoms with Crippen molar-refractivity contribution in [2.45, 2.75) is 12.5 Å². The first-order valence-corrected chi connectivity index (χ1v) is 12.3. The third kappa shape index (κ3) is 7.00. The molecule has 0 aliphatic heterocycles. The topological polar surface area (TPSA) is 139 Å². The standard InChI is InChI=1S/C30H28N4O6/c1-39-24-12-13-27(40-2)22(17-24)9-14-28(35)33-26(16-19-15-21-5-3-4-6-25(21)31-18-19)30(37)32-23-10-7-20(8-11-23)29(36)34-38/h3-15,17-18,26,38H,16H2,1-2H3,(H,32,37)(H,33,35)(H,34,36)/b14-9+. The fraction of sp³-hybridized carbons (Fsp3) is 0.133. The van der Waals surface area contributed by atoms with Gasteiger partial charge >= 0.3 is 0 Å². The van der Waals surface area contributed by atoms with Crippen LogP contribution in [-0.4, -0.2) is 48.2 Å². The Morgan fingerprint density at radius 1 is 0.975 bits per heavy atom. The van der Waals surface area contributed by atoms with E-state index in [1.54, 1.807) is 43.1 Å². The van der Waals surface area contributed by atoms with Crippen molar-refractivity contribution in [2.24, 2.45) is 0 Å². The molecule has 0 spiro atoms. The highest BCUT2D eigenvalue weighted by atomic mass is 16.5. The van der Waals surface area contributed by atoms with Gasteiger partial charge in [0.15, 0.2) is 0 Å². The summed E-state index contributed by atoms with van der Waals surface area (Å²) in [5.74, 6) is -0.475. The highest BCUT2D eigenvalue weighted by Gasteiger charge is 2.21. The summed E-state index contributed by atoms with van der Waals surface area (Å²) >= 11 is 0. The first-order chi connectivity index (χ1) is 19.4. The molecule has 3 amide bonds. The van der Waals surface area contributed by atoms with Crippen LogP contribution in [0.25, 0.3) is 17.0 Å². The van der Waals surface area contributed by atoms with E-state index < -0.39 is 23.8 Å². The van der Waals surface area contributed by atoms with Gasteiger partial charge in [-0.05, 0) is 66.2 Å². The zero-order chi connectivity index (χ0) is 28.5. The molecule has 0 aliphatic rings. The van der Waals surface area contributed by atoms with Crippen LogP contribution in [0.3, 0.4) is 0 Å². The van der Waals surface area contributed by atoms with Crippen LogP contribution in [0.15, 0.2) is 85.1 Å². The molecule has 0 bridgehead atoms. The summed E-state index contributed by atoms with van der Waals surface area (Å²) in [5, 5.41) is 15.3. The molecular formula is C30H28N4O6. The number of methoxy groups -OCH3 is 2. The van der Waals surface area contributed by atoms with Crippen molar-refractivity contribution in [3.63, 3.8) is 0 Å². The largest absolute Gasteiger partial charge is 0.497 e. The zero-order valence-corrected chi connectivity index (χ0v) is 21.9. The summed E-state index contributed by atoms with van der Waals surface area (Å²) < 4.78 is 10.6. The van der Waals surface area contributed by atoms with E-state index in [9.17, 15) is 14.4 Å². The lowest BCUT2D eigenvalue weighted by molar-refractivity contribution is -0.123. The maximum atomic E-state index is 13.3. The number of ether oxygens (including phenoxy) is 2. The van der Waals surface area contributed by atoms with Crippen molar-refractivity contribution < 1.29 is 29.1 Å². The number of benzene rings is 3. The number of nitrogens with one attached hydrogen (secondary N) is 3. The number of para-hydroxylation sites is 1. The quantitative estimate of drug-likeness (QED) is 0.137. The smallest absolute Gasteiger partial charge is 0.274 e. The molecule has 1 heterocycles. The van der Waals surface area contributed by atoms with E-state index in [1.165, 1.54) is 37.5 Å². The Bertz CT molecular complexity index is 1550. The number of nitrogens with zero attached hydrogens (tertiary/aromatic N) is 1. The molecule has 0 aliphatic carbocycles. The molecule has 4 aromatic rings. The molecule has 0 fully saturated rings. The summed E-state index contributed by atoms with van der Waals surface area (Å²) in [4.78, 5) is 42.3. The normalized spacial score (nSPS) is 11.6. The fourth-order valence-corrected chi connectivity index (χ4v) is 4.03. The summed E-state index contributed by atoms with van der Waals surface area (Å²) in [6.07, 6.45) is 4.75. The molecule has 1 aromatic heterocycles. The highest BCUT2D eigenvalue weighted by molar-refractivity contribution is 6.01. The van der Waals surface area contributed by atoms with E-state index >= 15 is 0 Å². The molecule has 0 radical (unpaired) electrons. The predicted octanol–water partition coefficient (Wildman–Crippen LogP) is 3.75. The molecule has 3 aromatic carbocycles. The van der Waals surface area contributed by atoms with Gasteiger partial charge in [0.05, 0.1) is 19.7 Å². The van der Waals surface area contributed by atoms with E-state index in [0.29, 0.717) is 22.7 Å². The second-order valence-electron chi connectivity index (χ2n) is 8.75. The molecule has 4 N–H and O–H groups in total. The average molecular weight is 541 g/mol. The van der Waals surface area contributed by atoms with Gasteiger partial charge < -0.3 is 20.1 Å². The van der Waals surface area contributed by atoms with Crippen LogP contribution in [-0.2, 0) is 16.0 Å². The minimum absolute atomic E-state index is 0.177. The Hall–Kier alpha value is -5.22. The van der Waals surface area contributed by atoms with Crippen LogP contribution in [0, 0.1) is 0 Å². The first-order valence-electron chi connectivity index (χ1n) is 12.3. The van der Waals surface area contributed by atoms with Gasteiger partial charge in [0.1, 0.15) is 17.5 Å². The lowest BCUT2D eigenvalue weighted by atomic mass is 10.0. The number of pyridine rings is 1. The summed E-state index contributed by atoms with van der Waals surface area (Å²) in [6, 6.07) is 19.7. The number of carbonyl (C=O) groups excluding carboxylic acids is 3. The van der Waals surface area contributed by atoms with Crippen molar-refractivity contribution >= 4 is 40.4 Å². The van der Waals surface area contributed by atoms with Gasteiger partial charge in [0.25, 0.3) is 5.91 Å². The monoisotopic (exact) mass is 540 g/mol. The van der Waals surface area contributed by atoms with Crippen molar-refractivity contribution in [3.8, 4) is 11.5 Å². The lowest BCUT2D eigenvalue weighted by Crippen LogP contribution is -2.44. The van der Waals surface area contributed by atoms with E-state index in [1.807, 2.05) is 30.3 Å². The Kier molecular flexibility index (Phi) is 9.06. The van der Waals surface area contributed by atoms with Crippen molar-refractivity contribution in [3.05, 3.63) is 102 Å². The average Bonchev–Trinajstić information content (AvgIpc) is 2.99. The molecule has 0 saturated carbocycles. The number of fused-ring (bicyclic) bond motifs is 1. The number of hydroxylamine groups is 1. The van der Waals surface area contributed by atoms with E-state index in [-0.39, 0.29) is 12.0 Å². The number of amides is 3. The Labute approximate surface area is 230 Å². The van der Waals surface area contributed by atoms with E-state index in [4.69, 9.17) is 14.7 Å². The van der Waals surface area contributed by atoms with Crippen LogP contribution in [0.2, 0.25) is 0 Å². The molecule has 40 heavy (non-hydrogen) atoms. The van der Waals surface area contributed by atoms with Crippen LogP contribution in [0.1, 0.15) is 21.5 Å². The van der Waals surface area contributed by atoms with Gasteiger partial charge in [-0.2, -0.15) is 0 Å². The Morgan fingerprint density at radius 2 is 1.75 bits per heavy atom. The molecular weight excluding hydrogens is 512 g/mol. The third-order valence-electron chi connectivity index (χ3n) is 6.09. The van der Waals surface area contributed by atoms with E-state index in [0.717, 1.165) is 16.5 Å². The molecule has 10 heteroatoms. The molecule has 1 atom stereocenters. The maximum Gasteiger partial charge on any atom is 0.274 e. The van der Waals surface area contributed by atoms with Crippen LogP contribution in [0.5, 0.6) is 11.5 Å². The minimum Gasteiger partial charge on any atom is -0.497 e. The second kappa shape index (κ2) is 13.0. The van der Waals surface area contributed by atoms with Crippen molar-refractivity contribution in [1.29, 1.82) is 0 Å². The lowest BCUT2D eigenvalue weighted by Gasteiger charge is -2.18. The van der Waals surface area contributed by atoms with Gasteiger partial charge in [-0.1, -0.05) is 18.2 Å². The van der Waals surface area contributed by atoms with Gasteiger partial charge in [-0.25, -0.2) is 5.48 Å².